The summed E-state index contributed by atoms with van der Waals surface area (Å²) in [6.07, 6.45) is 6.27. The summed E-state index contributed by atoms with van der Waals surface area (Å²) in [6.45, 7) is 0.999. The Morgan fingerprint density at radius 3 is 2.47 bits per heavy atom. The lowest BCUT2D eigenvalue weighted by atomic mass is 9.80. The number of hydrogen-bond donors (Lipinski definition) is 1. The van der Waals surface area contributed by atoms with Crippen LogP contribution in [0.15, 0.2) is 48.5 Å². The van der Waals surface area contributed by atoms with Crippen LogP contribution in [0.5, 0.6) is 0 Å². The van der Waals surface area contributed by atoms with Gasteiger partial charge in [-0.05, 0) is 74.9 Å². The highest BCUT2D eigenvalue weighted by Crippen LogP contribution is 2.45. The minimum atomic E-state index is -0.754. The van der Waals surface area contributed by atoms with Crippen molar-refractivity contribution in [3.05, 3.63) is 64.1 Å². The molecular formula is C25H28Cl2N2O2S. The predicted molar refractivity (Wildman–Crippen MR) is 133 cm³/mol. The van der Waals surface area contributed by atoms with Crippen LogP contribution in [-0.2, 0) is 5.60 Å². The molecule has 2 aromatic carbocycles. The van der Waals surface area contributed by atoms with E-state index >= 15 is 0 Å². The van der Waals surface area contributed by atoms with Crippen molar-refractivity contribution in [3.8, 4) is 0 Å². The average Bonchev–Trinajstić information content (AvgIpc) is 3.30. The molecule has 2 unspecified atom stereocenters. The van der Waals surface area contributed by atoms with Gasteiger partial charge in [-0.3, -0.25) is 9.69 Å². The highest BCUT2D eigenvalue weighted by atomic mass is 35.5. The number of unbranched alkanes of at least 4 members (excludes halogenated alkanes) is 1. The molecule has 2 atom stereocenters. The summed E-state index contributed by atoms with van der Waals surface area (Å²) in [7, 11) is 0. The Bertz CT molecular complexity index is 1040. The van der Waals surface area contributed by atoms with Gasteiger partial charge in [-0.15, -0.1) is 23.7 Å². The summed E-state index contributed by atoms with van der Waals surface area (Å²) in [5.74, 6) is 0.153. The molecule has 2 saturated heterocycles. The highest BCUT2D eigenvalue weighted by molar-refractivity contribution is 7.20. The molecule has 3 aromatic rings. The molecule has 1 N–H and O–H groups in total. The monoisotopic (exact) mass is 490 g/mol. The van der Waals surface area contributed by atoms with Crippen molar-refractivity contribution < 1.29 is 9.90 Å². The summed E-state index contributed by atoms with van der Waals surface area (Å²) in [5, 5.41) is 12.7. The zero-order chi connectivity index (χ0) is 21.4. The second-order valence-corrected chi connectivity index (χ2v) is 10.4. The molecule has 2 aliphatic rings. The standard InChI is InChI=1S/C25H27ClN2O2S.ClH/c26-18-10-8-17(9-11-18)25(30)15-19-12-13-20(16-25)28(19)14-4-3-6-22(29)24-27-21-5-1-2-7-23(21)31-24;/h1-2,5,7-11,19-20,30H,3-4,6,12-16H2;1H. The van der Waals surface area contributed by atoms with Crippen molar-refractivity contribution in [1.29, 1.82) is 0 Å². The number of benzene rings is 2. The van der Waals surface area contributed by atoms with Crippen molar-refractivity contribution in [2.24, 2.45) is 0 Å². The van der Waals surface area contributed by atoms with Gasteiger partial charge in [0.2, 0.25) is 0 Å². The maximum absolute atomic E-state index is 12.6. The number of nitrogens with zero attached hydrogens (tertiary/aromatic N) is 2. The highest BCUT2D eigenvalue weighted by Gasteiger charge is 2.47. The molecule has 2 aliphatic heterocycles. The van der Waals surface area contributed by atoms with Gasteiger partial charge in [0.25, 0.3) is 0 Å². The van der Waals surface area contributed by atoms with Crippen molar-refractivity contribution in [2.75, 3.05) is 6.54 Å². The normalized spacial score (nSPS) is 25.1. The van der Waals surface area contributed by atoms with Crippen molar-refractivity contribution in [1.82, 2.24) is 9.88 Å². The molecule has 1 aromatic heterocycles. The molecule has 0 spiro atoms. The van der Waals surface area contributed by atoms with E-state index in [2.05, 4.69) is 9.88 Å². The Kier molecular flexibility index (Phi) is 7.23. The van der Waals surface area contributed by atoms with E-state index < -0.39 is 5.60 Å². The number of thiazole rings is 1. The van der Waals surface area contributed by atoms with E-state index in [1.54, 1.807) is 0 Å². The lowest BCUT2D eigenvalue weighted by molar-refractivity contribution is -0.0571. The topological polar surface area (TPSA) is 53.4 Å². The van der Waals surface area contributed by atoms with Crippen molar-refractivity contribution in [3.63, 3.8) is 0 Å². The SMILES string of the molecule is Cl.O=C(CCCCN1C2CCC1CC(O)(c1ccc(Cl)cc1)C2)c1nc2ccccc2s1. The first-order chi connectivity index (χ1) is 15.0. The first-order valence-corrected chi connectivity index (χ1v) is 12.3. The Morgan fingerprint density at radius 1 is 1.09 bits per heavy atom. The van der Waals surface area contributed by atoms with E-state index in [9.17, 15) is 9.90 Å². The molecule has 3 heterocycles. The number of piperidine rings is 1. The number of halogens is 2. The lowest BCUT2D eigenvalue weighted by Crippen LogP contribution is -2.49. The predicted octanol–water partition coefficient (Wildman–Crippen LogP) is 6.24. The van der Waals surface area contributed by atoms with Crippen LogP contribution in [0.3, 0.4) is 0 Å². The third-order valence-electron chi connectivity index (χ3n) is 6.90. The van der Waals surface area contributed by atoms with Crippen LogP contribution >= 0.6 is 35.3 Å². The summed E-state index contributed by atoms with van der Waals surface area (Å²) < 4.78 is 1.07. The van der Waals surface area contributed by atoms with Crippen molar-refractivity contribution >= 4 is 51.3 Å². The van der Waals surface area contributed by atoms with Gasteiger partial charge in [0.15, 0.2) is 10.8 Å². The molecule has 32 heavy (non-hydrogen) atoms. The Hall–Kier alpha value is -1.50. The van der Waals surface area contributed by atoms with Gasteiger partial charge in [0.1, 0.15) is 0 Å². The van der Waals surface area contributed by atoms with Gasteiger partial charge in [0, 0.05) is 23.5 Å². The molecule has 5 rings (SSSR count). The fourth-order valence-corrected chi connectivity index (χ4v) is 6.41. The van der Waals surface area contributed by atoms with Crippen LogP contribution in [0.1, 0.15) is 60.3 Å². The van der Waals surface area contributed by atoms with Gasteiger partial charge in [0.05, 0.1) is 15.8 Å². The molecule has 2 fully saturated rings. The molecule has 0 saturated carbocycles. The molecule has 0 amide bonds. The average molecular weight is 491 g/mol. The smallest absolute Gasteiger partial charge is 0.191 e. The number of hydrogen-bond acceptors (Lipinski definition) is 5. The van der Waals surface area contributed by atoms with Gasteiger partial charge >= 0.3 is 0 Å². The quantitative estimate of drug-likeness (QED) is 0.314. The second-order valence-electron chi connectivity index (χ2n) is 8.94. The van der Waals surface area contributed by atoms with Gasteiger partial charge in [-0.1, -0.05) is 35.9 Å². The number of Topliss-reactive ketones (excluding diaryl/α,β-unsaturated/α-hetero) is 1. The number of carbonyl (C=O) groups excluding carboxylic acids is 1. The molecular weight excluding hydrogens is 463 g/mol. The molecule has 170 valence electrons. The van der Waals surface area contributed by atoms with Crippen LogP contribution in [0.4, 0.5) is 0 Å². The minimum absolute atomic E-state index is 0. The van der Waals surface area contributed by atoms with E-state index in [-0.39, 0.29) is 18.2 Å². The number of fused-ring (bicyclic) bond motifs is 3. The van der Waals surface area contributed by atoms with Gasteiger partial charge in [-0.25, -0.2) is 4.98 Å². The lowest BCUT2D eigenvalue weighted by Gasteiger charge is -2.44. The van der Waals surface area contributed by atoms with Crippen LogP contribution in [0, 0.1) is 0 Å². The third kappa shape index (κ3) is 4.73. The fraction of sp³-hybridized carbons (Fsp3) is 0.440. The van der Waals surface area contributed by atoms with Gasteiger partial charge < -0.3 is 5.11 Å². The summed E-state index contributed by atoms with van der Waals surface area (Å²) in [5.41, 5.74) is 1.14. The molecule has 7 heteroatoms. The van der Waals surface area contributed by atoms with Crippen LogP contribution in [-0.4, -0.2) is 39.4 Å². The molecule has 4 nitrogen and oxygen atoms in total. The Labute approximate surface area is 204 Å². The maximum atomic E-state index is 12.6. The number of aliphatic hydroxyl groups is 1. The Balaban J connectivity index is 0.00000245. The minimum Gasteiger partial charge on any atom is -0.385 e. The van der Waals surface area contributed by atoms with E-state index in [0.717, 1.165) is 60.8 Å². The number of para-hydroxylation sites is 1. The van der Waals surface area contributed by atoms with E-state index in [4.69, 9.17) is 11.6 Å². The van der Waals surface area contributed by atoms with Crippen LogP contribution < -0.4 is 0 Å². The molecule has 2 bridgehead atoms. The number of aromatic nitrogens is 1. The Morgan fingerprint density at radius 2 is 1.78 bits per heavy atom. The first kappa shape index (κ1) is 23.7. The van der Waals surface area contributed by atoms with Crippen LogP contribution in [0.25, 0.3) is 10.2 Å². The van der Waals surface area contributed by atoms with Crippen LogP contribution in [0.2, 0.25) is 5.02 Å². The summed E-state index contributed by atoms with van der Waals surface area (Å²) in [6, 6.07) is 16.4. The fourth-order valence-electron chi connectivity index (χ4n) is 5.36. The zero-order valence-corrected chi connectivity index (χ0v) is 20.3. The van der Waals surface area contributed by atoms with E-state index in [0.29, 0.717) is 28.5 Å². The summed E-state index contributed by atoms with van der Waals surface area (Å²) in [4.78, 5) is 19.6. The maximum Gasteiger partial charge on any atom is 0.191 e. The van der Waals surface area contributed by atoms with Gasteiger partial charge in [-0.2, -0.15) is 0 Å². The number of rotatable bonds is 7. The van der Waals surface area contributed by atoms with E-state index in [1.165, 1.54) is 11.3 Å². The molecule has 0 radical (unpaired) electrons. The number of ketones is 1. The summed E-state index contributed by atoms with van der Waals surface area (Å²) >= 11 is 7.52. The second kappa shape index (κ2) is 9.78. The zero-order valence-electron chi connectivity index (χ0n) is 17.9. The number of carbonyl (C=O) groups is 1. The molecule has 0 aliphatic carbocycles. The first-order valence-electron chi connectivity index (χ1n) is 11.1. The third-order valence-corrected chi connectivity index (χ3v) is 8.23. The largest absolute Gasteiger partial charge is 0.385 e. The van der Waals surface area contributed by atoms with Crippen molar-refractivity contribution in [2.45, 2.75) is 62.6 Å². The van der Waals surface area contributed by atoms with E-state index in [1.807, 2.05) is 48.5 Å².